The number of aliphatic imine (C=N–C) groups is 1. The van der Waals surface area contributed by atoms with Gasteiger partial charge < -0.3 is 10.6 Å². The van der Waals surface area contributed by atoms with E-state index in [2.05, 4.69) is 22.5 Å². The van der Waals surface area contributed by atoms with Crippen molar-refractivity contribution in [3.8, 4) is 0 Å². The van der Waals surface area contributed by atoms with Crippen LogP contribution in [0.15, 0.2) is 4.99 Å². The molecule has 13 heavy (non-hydrogen) atoms. The van der Waals surface area contributed by atoms with Gasteiger partial charge in [0.05, 0.1) is 0 Å². The largest absolute Gasteiger partial charge is 0.356 e. The van der Waals surface area contributed by atoms with Crippen LogP contribution in [0.5, 0.6) is 0 Å². The van der Waals surface area contributed by atoms with E-state index >= 15 is 0 Å². The SMILES string of the molecule is CCCC1(NC2=NCCCN2)CC1. The predicted octanol–water partition coefficient (Wildman–Crippen LogP) is 1.26. The van der Waals surface area contributed by atoms with Crippen LogP contribution >= 0.6 is 0 Å². The Morgan fingerprint density at radius 2 is 2.38 bits per heavy atom. The molecule has 0 aromatic heterocycles. The number of nitrogens with zero attached hydrogens (tertiary/aromatic N) is 1. The van der Waals surface area contributed by atoms with Crippen molar-refractivity contribution < 1.29 is 0 Å². The third-order valence-corrected chi connectivity index (χ3v) is 2.86. The highest BCUT2D eigenvalue weighted by Gasteiger charge is 2.42. The Bertz CT molecular complexity index is 206. The highest BCUT2D eigenvalue weighted by Crippen LogP contribution is 2.39. The van der Waals surface area contributed by atoms with Gasteiger partial charge in [0.15, 0.2) is 5.96 Å². The average molecular weight is 181 g/mol. The van der Waals surface area contributed by atoms with E-state index in [-0.39, 0.29) is 0 Å². The van der Waals surface area contributed by atoms with Gasteiger partial charge in [0.25, 0.3) is 0 Å². The van der Waals surface area contributed by atoms with E-state index < -0.39 is 0 Å². The van der Waals surface area contributed by atoms with Crippen LogP contribution in [0.3, 0.4) is 0 Å². The molecule has 1 aliphatic heterocycles. The molecule has 0 saturated heterocycles. The number of guanidine groups is 1. The van der Waals surface area contributed by atoms with Crippen molar-refractivity contribution in [2.45, 2.75) is 44.6 Å². The highest BCUT2D eigenvalue weighted by atomic mass is 15.2. The minimum atomic E-state index is 0.415. The Hall–Kier alpha value is -0.730. The molecule has 0 unspecified atom stereocenters. The summed E-state index contributed by atoms with van der Waals surface area (Å²) in [6.07, 6.45) is 6.36. The lowest BCUT2D eigenvalue weighted by Crippen LogP contribution is -2.47. The zero-order valence-corrected chi connectivity index (χ0v) is 8.40. The first kappa shape index (κ1) is 8.85. The summed E-state index contributed by atoms with van der Waals surface area (Å²) in [4.78, 5) is 4.43. The lowest BCUT2D eigenvalue weighted by molar-refractivity contribution is 0.524. The van der Waals surface area contributed by atoms with Crippen molar-refractivity contribution in [1.82, 2.24) is 10.6 Å². The van der Waals surface area contributed by atoms with Gasteiger partial charge in [-0.1, -0.05) is 13.3 Å². The predicted molar refractivity (Wildman–Crippen MR) is 54.9 cm³/mol. The molecule has 74 valence electrons. The topological polar surface area (TPSA) is 36.4 Å². The first-order valence-corrected chi connectivity index (χ1v) is 5.41. The van der Waals surface area contributed by atoms with Crippen LogP contribution < -0.4 is 10.6 Å². The van der Waals surface area contributed by atoms with Gasteiger partial charge in [0.1, 0.15) is 0 Å². The lowest BCUT2D eigenvalue weighted by atomic mass is 10.1. The molecule has 2 rings (SSSR count). The van der Waals surface area contributed by atoms with Crippen LogP contribution in [-0.2, 0) is 0 Å². The van der Waals surface area contributed by atoms with Crippen molar-refractivity contribution in [2.24, 2.45) is 4.99 Å². The maximum absolute atomic E-state index is 4.43. The number of rotatable bonds is 3. The maximum Gasteiger partial charge on any atom is 0.191 e. The zero-order valence-electron chi connectivity index (χ0n) is 8.40. The molecule has 0 radical (unpaired) electrons. The van der Waals surface area contributed by atoms with Gasteiger partial charge in [-0.05, 0) is 25.7 Å². The molecule has 2 N–H and O–H groups in total. The molecule has 1 saturated carbocycles. The Balaban J connectivity index is 1.86. The van der Waals surface area contributed by atoms with Gasteiger partial charge in [-0.2, -0.15) is 0 Å². The summed E-state index contributed by atoms with van der Waals surface area (Å²) in [5, 5.41) is 6.86. The van der Waals surface area contributed by atoms with E-state index in [1.54, 1.807) is 0 Å². The summed E-state index contributed by atoms with van der Waals surface area (Å²) in [5.74, 6) is 1.04. The van der Waals surface area contributed by atoms with E-state index in [4.69, 9.17) is 0 Å². The summed E-state index contributed by atoms with van der Waals surface area (Å²) in [6.45, 7) is 4.31. The molecule has 3 heteroatoms. The second-order valence-corrected chi connectivity index (χ2v) is 4.17. The molecule has 0 amide bonds. The van der Waals surface area contributed by atoms with Gasteiger partial charge in [0.2, 0.25) is 0 Å². The molecule has 0 aromatic rings. The third-order valence-electron chi connectivity index (χ3n) is 2.86. The fourth-order valence-electron chi connectivity index (χ4n) is 1.93. The van der Waals surface area contributed by atoms with Crippen molar-refractivity contribution in [2.75, 3.05) is 13.1 Å². The first-order chi connectivity index (χ1) is 6.35. The molecule has 1 fully saturated rings. The fraction of sp³-hybridized carbons (Fsp3) is 0.900. The number of hydrogen-bond donors (Lipinski definition) is 2. The Kier molecular flexibility index (Phi) is 2.42. The second-order valence-electron chi connectivity index (χ2n) is 4.17. The molecule has 0 bridgehead atoms. The normalized spacial score (nSPS) is 24.5. The van der Waals surface area contributed by atoms with Gasteiger partial charge in [0, 0.05) is 18.6 Å². The third kappa shape index (κ3) is 2.14. The van der Waals surface area contributed by atoms with Crippen molar-refractivity contribution in [3.05, 3.63) is 0 Å². The Labute approximate surface area is 80.0 Å². The second kappa shape index (κ2) is 3.56. The molecule has 0 atom stereocenters. The van der Waals surface area contributed by atoms with Gasteiger partial charge in [-0.15, -0.1) is 0 Å². The van der Waals surface area contributed by atoms with Crippen LogP contribution in [0.4, 0.5) is 0 Å². The monoisotopic (exact) mass is 181 g/mol. The minimum Gasteiger partial charge on any atom is -0.356 e. The molecule has 3 nitrogen and oxygen atoms in total. The lowest BCUT2D eigenvalue weighted by Gasteiger charge is -2.22. The Morgan fingerprint density at radius 1 is 1.54 bits per heavy atom. The quantitative estimate of drug-likeness (QED) is 0.687. The van der Waals surface area contributed by atoms with Crippen LogP contribution in [0, 0.1) is 0 Å². The van der Waals surface area contributed by atoms with Crippen molar-refractivity contribution in [1.29, 1.82) is 0 Å². The summed E-state index contributed by atoms with van der Waals surface area (Å²) in [5.41, 5.74) is 0.415. The van der Waals surface area contributed by atoms with Crippen LogP contribution in [-0.4, -0.2) is 24.6 Å². The fourth-order valence-corrected chi connectivity index (χ4v) is 1.93. The molecule has 0 spiro atoms. The maximum atomic E-state index is 4.43. The van der Waals surface area contributed by atoms with Crippen molar-refractivity contribution in [3.63, 3.8) is 0 Å². The smallest absolute Gasteiger partial charge is 0.191 e. The van der Waals surface area contributed by atoms with Gasteiger partial charge in [-0.25, -0.2) is 0 Å². The van der Waals surface area contributed by atoms with Crippen molar-refractivity contribution >= 4 is 5.96 Å². The van der Waals surface area contributed by atoms with Crippen LogP contribution in [0.1, 0.15) is 39.0 Å². The van der Waals surface area contributed by atoms with E-state index in [9.17, 15) is 0 Å². The van der Waals surface area contributed by atoms with Crippen LogP contribution in [0.25, 0.3) is 0 Å². The molecular weight excluding hydrogens is 162 g/mol. The van der Waals surface area contributed by atoms with Gasteiger partial charge in [-0.3, -0.25) is 4.99 Å². The van der Waals surface area contributed by atoms with E-state index in [0.29, 0.717) is 5.54 Å². The molecule has 1 aliphatic carbocycles. The van der Waals surface area contributed by atoms with E-state index in [1.807, 2.05) is 0 Å². The average Bonchev–Trinajstić information content (AvgIpc) is 2.87. The molecule has 1 heterocycles. The van der Waals surface area contributed by atoms with E-state index in [1.165, 1.54) is 32.1 Å². The highest BCUT2D eigenvalue weighted by molar-refractivity contribution is 5.81. The standard InChI is InChI=1S/C10H19N3/c1-2-4-10(5-6-10)13-9-11-7-3-8-12-9/h2-8H2,1H3,(H2,11,12,13). The minimum absolute atomic E-state index is 0.415. The molecule has 2 aliphatic rings. The van der Waals surface area contributed by atoms with E-state index in [0.717, 1.165) is 19.0 Å². The number of hydrogen-bond acceptors (Lipinski definition) is 3. The number of nitrogens with one attached hydrogen (secondary N) is 2. The molecular formula is C10H19N3. The van der Waals surface area contributed by atoms with Crippen LogP contribution in [0.2, 0.25) is 0 Å². The summed E-state index contributed by atoms with van der Waals surface area (Å²) in [7, 11) is 0. The first-order valence-electron chi connectivity index (χ1n) is 5.41. The summed E-state index contributed by atoms with van der Waals surface area (Å²) >= 11 is 0. The zero-order chi connectivity index (χ0) is 9.15. The molecule has 0 aromatic carbocycles. The summed E-state index contributed by atoms with van der Waals surface area (Å²) in [6, 6.07) is 0. The summed E-state index contributed by atoms with van der Waals surface area (Å²) < 4.78 is 0. The Morgan fingerprint density at radius 3 is 2.92 bits per heavy atom. The van der Waals surface area contributed by atoms with Gasteiger partial charge >= 0.3 is 0 Å².